The molecule has 0 aliphatic carbocycles. The van der Waals surface area contributed by atoms with Crippen molar-refractivity contribution in [2.45, 2.75) is 12.0 Å². The number of amides is 2. The van der Waals surface area contributed by atoms with E-state index in [2.05, 4.69) is 5.32 Å². The van der Waals surface area contributed by atoms with Gasteiger partial charge in [-0.15, -0.1) is 11.8 Å². The first-order valence-corrected chi connectivity index (χ1v) is 10.9. The highest BCUT2D eigenvalue weighted by molar-refractivity contribution is 7.99. The van der Waals surface area contributed by atoms with Gasteiger partial charge in [0.15, 0.2) is 0 Å². The van der Waals surface area contributed by atoms with Crippen LogP contribution >= 0.6 is 11.8 Å². The van der Waals surface area contributed by atoms with Gasteiger partial charge in [0.25, 0.3) is 0 Å². The molecule has 0 unspecified atom stereocenters. The normalized spacial score (nSPS) is 15.6. The summed E-state index contributed by atoms with van der Waals surface area (Å²) in [5.74, 6) is 2.41. The number of methoxy groups -OCH3 is 1. The number of urea groups is 1. The number of anilines is 1. The van der Waals surface area contributed by atoms with Gasteiger partial charge in [-0.1, -0.05) is 48.5 Å². The molecule has 1 atom stereocenters. The van der Waals surface area contributed by atoms with Crippen molar-refractivity contribution in [3.63, 3.8) is 0 Å². The molecule has 0 spiro atoms. The average Bonchev–Trinajstić information content (AvgIpc) is 3.29. The number of thioether (sulfide) groups is 1. The number of benzene rings is 3. The third-order valence-corrected chi connectivity index (χ3v) is 6.13. The molecule has 0 bridgehead atoms. The molecule has 1 heterocycles. The van der Waals surface area contributed by atoms with Gasteiger partial charge in [0.05, 0.1) is 7.11 Å². The molecule has 3 aromatic carbocycles. The molecule has 1 aliphatic heterocycles. The summed E-state index contributed by atoms with van der Waals surface area (Å²) in [7, 11) is 1.61. The van der Waals surface area contributed by atoms with E-state index in [0.717, 1.165) is 28.3 Å². The Balaban J connectivity index is 1.44. The monoisotopic (exact) mass is 420 g/mol. The summed E-state index contributed by atoms with van der Waals surface area (Å²) in [6, 6.07) is 25.4. The number of hydrogen-bond donors (Lipinski definition) is 1. The van der Waals surface area contributed by atoms with Crippen LogP contribution < -0.4 is 14.8 Å². The lowest BCUT2D eigenvalue weighted by Crippen LogP contribution is -2.34. The Morgan fingerprint density at radius 1 is 1.03 bits per heavy atom. The summed E-state index contributed by atoms with van der Waals surface area (Å²) in [5.41, 5.74) is 2.90. The average molecular weight is 421 g/mol. The van der Waals surface area contributed by atoms with Gasteiger partial charge in [0.2, 0.25) is 0 Å². The van der Waals surface area contributed by atoms with Crippen LogP contribution in [0.25, 0.3) is 0 Å². The van der Waals surface area contributed by atoms with Gasteiger partial charge in [0.1, 0.15) is 23.5 Å². The molecule has 1 N–H and O–H groups in total. The van der Waals surface area contributed by atoms with Gasteiger partial charge < -0.3 is 19.7 Å². The highest BCUT2D eigenvalue weighted by atomic mass is 32.2. The lowest BCUT2D eigenvalue weighted by Gasteiger charge is -2.25. The van der Waals surface area contributed by atoms with Crippen molar-refractivity contribution >= 4 is 23.5 Å². The van der Waals surface area contributed by atoms with E-state index in [4.69, 9.17) is 9.47 Å². The second kappa shape index (κ2) is 9.59. The van der Waals surface area contributed by atoms with Crippen LogP contribution in [0.2, 0.25) is 0 Å². The number of rotatable bonds is 6. The maximum atomic E-state index is 12.9. The summed E-state index contributed by atoms with van der Waals surface area (Å²) in [6.45, 7) is 1.21. The van der Waals surface area contributed by atoms with E-state index in [1.807, 2.05) is 83.8 Å². The summed E-state index contributed by atoms with van der Waals surface area (Å²) in [5, 5.41) is 2.94. The second-order valence-corrected chi connectivity index (χ2v) is 8.11. The van der Waals surface area contributed by atoms with Crippen LogP contribution in [0, 0.1) is 0 Å². The van der Waals surface area contributed by atoms with E-state index in [0.29, 0.717) is 18.9 Å². The molecule has 1 aliphatic rings. The molecule has 0 aromatic heterocycles. The minimum Gasteiger partial charge on any atom is -0.497 e. The van der Waals surface area contributed by atoms with Crippen molar-refractivity contribution in [2.75, 3.05) is 24.7 Å². The number of carbonyl (C=O) groups is 1. The lowest BCUT2D eigenvalue weighted by molar-refractivity contribution is 0.214. The van der Waals surface area contributed by atoms with E-state index in [1.54, 1.807) is 18.9 Å². The van der Waals surface area contributed by atoms with Crippen LogP contribution in [0.3, 0.4) is 0 Å². The molecule has 154 valence electrons. The van der Waals surface area contributed by atoms with Gasteiger partial charge >= 0.3 is 6.03 Å². The molecular formula is C24H24N2O3S. The topological polar surface area (TPSA) is 50.8 Å². The highest BCUT2D eigenvalue weighted by Gasteiger charge is 2.31. The van der Waals surface area contributed by atoms with Gasteiger partial charge in [-0.05, 0) is 35.4 Å². The zero-order valence-corrected chi connectivity index (χ0v) is 17.6. The fourth-order valence-corrected chi connectivity index (χ4v) is 4.59. The maximum Gasteiger partial charge on any atom is 0.323 e. The molecule has 4 rings (SSSR count). The summed E-state index contributed by atoms with van der Waals surface area (Å²) >= 11 is 1.76. The summed E-state index contributed by atoms with van der Waals surface area (Å²) in [6.07, 6.45) is 0. The third kappa shape index (κ3) is 4.89. The predicted molar refractivity (Wildman–Crippen MR) is 121 cm³/mol. The minimum absolute atomic E-state index is 0.0455. The molecule has 0 radical (unpaired) electrons. The molecular weight excluding hydrogens is 396 g/mol. The van der Waals surface area contributed by atoms with Gasteiger partial charge in [0, 0.05) is 24.1 Å². The SMILES string of the molecule is COc1cccc(NC(=O)N2CCS[C@@H]2c2cccc(OCc3ccccc3)c2)c1. The van der Waals surface area contributed by atoms with Gasteiger partial charge in [-0.25, -0.2) is 4.79 Å². The smallest absolute Gasteiger partial charge is 0.323 e. The standard InChI is InChI=1S/C24H24N2O3S/c1-28-21-11-6-10-20(16-21)25-24(27)26-13-14-30-23(26)19-9-5-12-22(15-19)29-17-18-7-3-2-4-8-18/h2-12,15-16,23H,13-14,17H2,1H3,(H,25,27)/t23-/m1/s1. The highest BCUT2D eigenvalue weighted by Crippen LogP contribution is 2.39. The van der Waals surface area contributed by atoms with Crippen molar-refractivity contribution in [3.05, 3.63) is 90.0 Å². The Labute approximate surface area is 181 Å². The van der Waals surface area contributed by atoms with Gasteiger partial charge in [-0.2, -0.15) is 0 Å². The number of hydrogen-bond acceptors (Lipinski definition) is 4. The van der Waals surface area contributed by atoms with Crippen LogP contribution in [-0.4, -0.2) is 30.3 Å². The molecule has 1 saturated heterocycles. The van der Waals surface area contributed by atoms with Crippen molar-refractivity contribution in [3.8, 4) is 11.5 Å². The molecule has 30 heavy (non-hydrogen) atoms. The van der Waals surface area contributed by atoms with Crippen molar-refractivity contribution in [2.24, 2.45) is 0 Å². The van der Waals surface area contributed by atoms with Crippen LogP contribution in [-0.2, 0) is 6.61 Å². The van der Waals surface area contributed by atoms with Crippen LogP contribution in [0.15, 0.2) is 78.9 Å². The summed E-state index contributed by atoms with van der Waals surface area (Å²) < 4.78 is 11.2. The number of ether oxygens (including phenoxy) is 2. The van der Waals surface area contributed by atoms with Crippen LogP contribution in [0.1, 0.15) is 16.5 Å². The number of nitrogens with zero attached hydrogens (tertiary/aromatic N) is 1. The Kier molecular flexibility index (Phi) is 6.44. The molecule has 2 amide bonds. The predicted octanol–water partition coefficient (Wildman–Crippen LogP) is 5.55. The van der Waals surface area contributed by atoms with E-state index in [-0.39, 0.29) is 11.4 Å². The van der Waals surface area contributed by atoms with Crippen molar-refractivity contribution in [1.82, 2.24) is 4.90 Å². The molecule has 5 nitrogen and oxygen atoms in total. The third-order valence-electron chi connectivity index (χ3n) is 4.86. The zero-order valence-electron chi connectivity index (χ0n) is 16.8. The van der Waals surface area contributed by atoms with E-state index in [9.17, 15) is 4.79 Å². The Morgan fingerprint density at radius 2 is 1.83 bits per heavy atom. The zero-order chi connectivity index (χ0) is 20.8. The number of carbonyl (C=O) groups excluding carboxylic acids is 1. The van der Waals surface area contributed by atoms with E-state index < -0.39 is 0 Å². The lowest BCUT2D eigenvalue weighted by atomic mass is 10.2. The first kappa shape index (κ1) is 20.2. The molecule has 6 heteroatoms. The molecule has 3 aromatic rings. The minimum atomic E-state index is -0.117. The van der Waals surface area contributed by atoms with Crippen molar-refractivity contribution < 1.29 is 14.3 Å². The van der Waals surface area contributed by atoms with Crippen LogP contribution in [0.4, 0.5) is 10.5 Å². The Hall–Kier alpha value is -3.12. The quantitative estimate of drug-likeness (QED) is 0.568. The Bertz CT molecular complexity index is 997. The fraction of sp³-hybridized carbons (Fsp3) is 0.208. The second-order valence-electron chi connectivity index (χ2n) is 6.93. The largest absolute Gasteiger partial charge is 0.497 e. The molecule has 1 fully saturated rings. The van der Waals surface area contributed by atoms with E-state index >= 15 is 0 Å². The first-order chi connectivity index (χ1) is 14.7. The Morgan fingerprint density at radius 3 is 2.67 bits per heavy atom. The van der Waals surface area contributed by atoms with E-state index in [1.165, 1.54) is 0 Å². The van der Waals surface area contributed by atoms with Gasteiger partial charge in [-0.3, -0.25) is 0 Å². The molecule has 0 saturated carbocycles. The van der Waals surface area contributed by atoms with Crippen LogP contribution in [0.5, 0.6) is 11.5 Å². The fourth-order valence-electron chi connectivity index (χ4n) is 3.35. The maximum absolute atomic E-state index is 12.9. The number of nitrogens with one attached hydrogen (secondary N) is 1. The van der Waals surface area contributed by atoms with Crippen molar-refractivity contribution in [1.29, 1.82) is 0 Å². The summed E-state index contributed by atoms with van der Waals surface area (Å²) in [4.78, 5) is 14.8. The first-order valence-electron chi connectivity index (χ1n) is 9.83.